The second-order valence-corrected chi connectivity index (χ2v) is 6.25. The Morgan fingerprint density at radius 2 is 2.08 bits per heavy atom. The third kappa shape index (κ3) is 5.00. The first kappa shape index (κ1) is 19.4. The number of carbonyl (C=O) groups excluding carboxylic acids is 1. The van der Waals surface area contributed by atoms with E-state index in [2.05, 4.69) is 9.72 Å². The topological polar surface area (TPSA) is 85.4 Å². The summed E-state index contributed by atoms with van der Waals surface area (Å²) < 4.78 is 43.6. The highest BCUT2D eigenvalue weighted by Crippen LogP contribution is 2.41. The van der Waals surface area contributed by atoms with Crippen LogP contribution in [0.3, 0.4) is 0 Å². The zero-order valence-electron chi connectivity index (χ0n) is 12.5. The Morgan fingerprint density at radius 1 is 1.36 bits per heavy atom. The van der Waals surface area contributed by atoms with E-state index in [-0.39, 0.29) is 22.1 Å². The van der Waals surface area contributed by atoms with E-state index in [4.69, 9.17) is 17.3 Å². The van der Waals surface area contributed by atoms with Gasteiger partial charge in [0.2, 0.25) is 0 Å². The molecule has 0 bridgehead atoms. The van der Waals surface area contributed by atoms with E-state index in [9.17, 15) is 23.1 Å². The van der Waals surface area contributed by atoms with E-state index in [0.717, 1.165) is 23.9 Å². The molecule has 0 aliphatic heterocycles. The van der Waals surface area contributed by atoms with E-state index in [0.29, 0.717) is 10.5 Å². The van der Waals surface area contributed by atoms with Crippen molar-refractivity contribution in [3.05, 3.63) is 52.3 Å². The van der Waals surface area contributed by atoms with Crippen LogP contribution in [0.25, 0.3) is 0 Å². The lowest BCUT2D eigenvalue weighted by atomic mass is 10.1. The van der Waals surface area contributed by atoms with E-state index < -0.39 is 24.4 Å². The summed E-state index contributed by atoms with van der Waals surface area (Å²) in [4.78, 5) is 15.5. The maximum atomic E-state index is 13.0. The number of amides is 1. The fourth-order valence-corrected chi connectivity index (χ4v) is 3.28. The van der Waals surface area contributed by atoms with Crippen LogP contribution in [-0.2, 0) is 24.1 Å². The number of aromatic nitrogens is 1. The molecule has 2 rings (SSSR count). The maximum absolute atomic E-state index is 13.0. The molecule has 0 atom stereocenters. The number of benzene rings is 1. The lowest BCUT2D eigenvalue weighted by Gasteiger charge is -2.16. The molecule has 1 amide bonds. The molecule has 1 aromatic carbocycles. The molecule has 0 aliphatic rings. The van der Waals surface area contributed by atoms with Crippen LogP contribution in [0.5, 0.6) is 0 Å². The van der Waals surface area contributed by atoms with Gasteiger partial charge < -0.3 is 15.6 Å². The molecule has 0 fully saturated rings. The van der Waals surface area contributed by atoms with Crippen molar-refractivity contribution in [1.82, 2.24) is 4.98 Å². The number of nitrogens with zero attached hydrogens (tertiary/aromatic N) is 1. The van der Waals surface area contributed by atoms with E-state index in [1.165, 1.54) is 12.4 Å². The van der Waals surface area contributed by atoms with Gasteiger partial charge in [0, 0.05) is 33.3 Å². The summed E-state index contributed by atoms with van der Waals surface area (Å²) in [6.07, 6.45) is -2.83. The minimum Gasteiger partial charge on any atom is -0.445 e. The zero-order valence-corrected chi connectivity index (χ0v) is 14.1. The summed E-state index contributed by atoms with van der Waals surface area (Å²) in [5.74, 6) is 0. The minimum absolute atomic E-state index is 0.0457. The van der Waals surface area contributed by atoms with Crippen molar-refractivity contribution < 1.29 is 27.8 Å². The molecule has 0 radical (unpaired) electrons. The number of rotatable bonds is 5. The van der Waals surface area contributed by atoms with Gasteiger partial charge in [-0.25, -0.2) is 4.79 Å². The molecule has 2 aromatic rings. The van der Waals surface area contributed by atoms with Crippen LogP contribution in [0.2, 0.25) is 5.02 Å². The molecule has 3 N–H and O–H groups in total. The molecular formula is C15H12ClF3N2O3S. The van der Waals surface area contributed by atoms with Crippen molar-refractivity contribution in [3.63, 3.8) is 0 Å². The molecule has 0 spiro atoms. The van der Waals surface area contributed by atoms with Crippen molar-refractivity contribution in [1.29, 1.82) is 0 Å². The van der Waals surface area contributed by atoms with Crippen molar-refractivity contribution >= 4 is 29.5 Å². The number of pyridine rings is 1. The smallest absolute Gasteiger partial charge is 0.416 e. The minimum atomic E-state index is -4.61. The second kappa shape index (κ2) is 7.94. The van der Waals surface area contributed by atoms with E-state index >= 15 is 0 Å². The fourth-order valence-electron chi connectivity index (χ4n) is 1.93. The quantitative estimate of drug-likeness (QED) is 0.803. The van der Waals surface area contributed by atoms with Gasteiger partial charge in [-0.1, -0.05) is 23.4 Å². The number of carbonyl (C=O) groups is 1. The molecule has 1 aromatic heterocycles. The highest BCUT2D eigenvalue weighted by Gasteiger charge is 2.32. The zero-order chi connectivity index (χ0) is 18.6. The van der Waals surface area contributed by atoms with Crippen LogP contribution in [-0.4, -0.2) is 16.2 Å². The van der Waals surface area contributed by atoms with Gasteiger partial charge in [-0.3, -0.25) is 4.98 Å². The number of aliphatic hydroxyl groups is 1. The first-order valence-corrected chi connectivity index (χ1v) is 7.95. The third-order valence-corrected chi connectivity index (χ3v) is 4.77. The Hall–Kier alpha value is -1.97. The Balaban J connectivity index is 2.49. The van der Waals surface area contributed by atoms with Crippen molar-refractivity contribution in [2.24, 2.45) is 5.73 Å². The van der Waals surface area contributed by atoms with Crippen LogP contribution in [0.15, 0.2) is 40.4 Å². The van der Waals surface area contributed by atoms with Crippen molar-refractivity contribution in [2.45, 2.75) is 29.2 Å². The predicted molar refractivity (Wildman–Crippen MR) is 85.1 cm³/mol. The summed E-state index contributed by atoms with van der Waals surface area (Å²) in [5, 5.41) is 9.18. The third-order valence-electron chi connectivity index (χ3n) is 3.06. The molecule has 134 valence electrons. The Morgan fingerprint density at radius 3 is 2.68 bits per heavy atom. The SMILES string of the molecule is NC(=O)OCc1cc(C(F)(F)F)cc(Cl)c1Sc1ccncc1CO. The number of aliphatic hydroxyl groups excluding tert-OH is 1. The summed E-state index contributed by atoms with van der Waals surface area (Å²) in [5.41, 5.74) is 4.44. The van der Waals surface area contributed by atoms with Gasteiger partial charge in [0.25, 0.3) is 0 Å². The van der Waals surface area contributed by atoms with Crippen LogP contribution >= 0.6 is 23.4 Å². The van der Waals surface area contributed by atoms with Gasteiger partial charge >= 0.3 is 12.3 Å². The summed E-state index contributed by atoms with van der Waals surface area (Å²) in [7, 11) is 0. The Bertz CT molecular complexity index is 787. The standard InChI is InChI=1S/C15H12ClF3N2O3S/c16-11-4-10(15(17,18)19)3-8(7-24-14(20)23)13(11)25-12-1-2-21-5-9(12)6-22/h1-5,22H,6-7H2,(H2,20,23). The van der Waals surface area contributed by atoms with Crippen molar-refractivity contribution in [2.75, 3.05) is 0 Å². The van der Waals surface area contributed by atoms with Crippen LogP contribution < -0.4 is 5.73 Å². The van der Waals surface area contributed by atoms with Gasteiger partial charge in [-0.15, -0.1) is 0 Å². The number of ether oxygens (including phenoxy) is 1. The average Bonchev–Trinajstić information content (AvgIpc) is 2.54. The Labute approximate surface area is 150 Å². The number of hydrogen-bond acceptors (Lipinski definition) is 5. The molecule has 25 heavy (non-hydrogen) atoms. The van der Waals surface area contributed by atoms with E-state index in [1.54, 1.807) is 6.07 Å². The number of alkyl halides is 3. The number of hydrogen-bond donors (Lipinski definition) is 2. The highest BCUT2D eigenvalue weighted by atomic mass is 35.5. The monoisotopic (exact) mass is 392 g/mol. The van der Waals surface area contributed by atoms with Crippen LogP contribution in [0.4, 0.5) is 18.0 Å². The largest absolute Gasteiger partial charge is 0.445 e. The van der Waals surface area contributed by atoms with Gasteiger partial charge in [0.15, 0.2) is 0 Å². The van der Waals surface area contributed by atoms with E-state index in [1.807, 2.05) is 0 Å². The molecular weight excluding hydrogens is 381 g/mol. The van der Waals surface area contributed by atoms with Gasteiger partial charge in [-0.05, 0) is 18.2 Å². The van der Waals surface area contributed by atoms with Crippen LogP contribution in [0, 0.1) is 0 Å². The number of nitrogens with two attached hydrogens (primary N) is 1. The molecule has 0 saturated carbocycles. The summed E-state index contributed by atoms with van der Waals surface area (Å²) in [6, 6.07) is 3.22. The highest BCUT2D eigenvalue weighted by molar-refractivity contribution is 7.99. The van der Waals surface area contributed by atoms with Crippen molar-refractivity contribution in [3.8, 4) is 0 Å². The molecule has 0 aliphatic carbocycles. The number of primary amides is 1. The molecule has 5 nitrogen and oxygen atoms in total. The second-order valence-electron chi connectivity index (χ2n) is 4.80. The first-order chi connectivity index (χ1) is 11.7. The van der Waals surface area contributed by atoms with Gasteiger partial charge in [0.05, 0.1) is 17.2 Å². The number of halogens is 4. The Kier molecular flexibility index (Phi) is 6.15. The molecule has 0 saturated heterocycles. The molecule has 0 unspecified atom stereocenters. The first-order valence-electron chi connectivity index (χ1n) is 6.75. The van der Waals surface area contributed by atoms with Gasteiger partial charge in [0.1, 0.15) is 6.61 Å². The maximum Gasteiger partial charge on any atom is 0.416 e. The molecule has 10 heteroatoms. The summed E-state index contributed by atoms with van der Waals surface area (Å²) in [6.45, 7) is -0.775. The lowest BCUT2D eigenvalue weighted by Crippen LogP contribution is -2.14. The summed E-state index contributed by atoms with van der Waals surface area (Å²) >= 11 is 7.06. The van der Waals surface area contributed by atoms with Gasteiger partial charge in [-0.2, -0.15) is 13.2 Å². The van der Waals surface area contributed by atoms with Crippen LogP contribution in [0.1, 0.15) is 16.7 Å². The lowest BCUT2D eigenvalue weighted by molar-refractivity contribution is -0.137. The molecule has 1 heterocycles. The fraction of sp³-hybridized carbons (Fsp3) is 0.200. The predicted octanol–water partition coefficient (Wildman–Crippen LogP) is 3.99. The normalized spacial score (nSPS) is 11.4. The average molecular weight is 393 g/mol.